The van der Waals surface area contributed by atoms with E-state index in [2.05, 4.69) is 0 Å². The number of thiophene rings is 1. The first-order valence-electron chi connectivity index (χ1n) is 6.62. The minimum atomic E-state index is -0.0341. The van der Waals surface area contributed by atoms with E-state index in [0.717, 1.165) is 15.6 Å². The van der Waals surface area contributed by atoms with Gasteiger partial charge in [-0.05, 0) is 17.7 Å². The normalized spacial score (nSPS) is 11.1. The summed E-state index contributed by atoms with van der Waals surface area (Å²) in [5.74, 6) is -0.0341. The summed E-state index contributed by atoms with van der Waals surface area (Å²) < 4.78 is 6.43. The number of methoxy groups -OCH3 is 1. The Balaban J connectivity index is 2.00. The zero-order valence-electron chi connectivity index (χ0n) is 11.6. The maximum Gasteiger partial charge on any atom is 0.191 e. The Morgan fingerprint density at radius 3 is 2.52 bits per heavy atom. The van der Waals surface area contributed by atoms with E-state index in [1.54, 1.807) is 13.2 Å². The molecule has 0 atom stereocenters. The highest BCUT2D eigenvalue weighted by Gasteiger charge is 2.17. The predicted octanol–water partition coefficient (Wildman–Crippen LogP) is 4.81. The van der Waals surface area contributed by atoms with Gasteiger partial charge in [0.05, 0.1) is 12.7 Å². The van der Waals surface area contributed by atoms with E-state index < -0.39 is 0 Å². The lowest BCUT2D eigenvalue weighted by Gasteiger charge is -1.99. The quantitative estimate of drug-likeness (QED) is 0.510. The molecule has 104 valence electrons. The van der Waals surface area contributed by atoms with Crippen LogP contribution in [0.15, 0.2) is 60.7 Å². The SMILES string of the molecule is COc1sc2ccccc2c1C(=O)/C=C/c1ccccc1. The molecular formula is C18H14O2S. The number of hydrogen-bond donors (Lipinski definition) is 0. The first-order chi connectivity index (χ1) is 10.3. The summed E-state index contributed by atoms with van der Waals surface area (Å²) in [5.41, 5.74) is 1.65. The van der Waals surface area contributed by atoms with Crippen LogP contribution < -0.4 is 4.74 Å². The molecule has 0 aliphatic carbocycles. The van der Waals surface area contributed by atoms with Gasteiger partial charge in [-0.1, -0.05) is 65.9 Å². The van der Waals surface area contributed by atoms with E-state index in [9.17, 15) is 4.79 Å². The van der Waals surface area contributed by atoms with Gasteiger partial charge in [0.15, 0.2) is 10.8 Å². The maximum absolute atomic E-state index is 12.5. The Morgan fingerprint density at radius 1 is 1.05 bits per heavy atom. The second-order valence-corrected chi connectivity index (χ2v) is 5.59. The van der Waals surface area contributed by atoms with Gasteiger partial charge in [-0.2, -0.15) is 0 Å². The minimum Gasteiger partial charge on any atom is -0.487 e. The van der Waals surface area contributed by atoms with E-state index in [-0.39, 0.29) is 5.78 Å². The van der Waals surface area contributed by atoms with Crippen LogP contribution in [0, 0.1) is 0 Å². The molecule has 0 amide bonds. The Bertz CT molecular complexity index is 800. The third-order valence-electron chi connectivity index (χ3n) is 3.22. The fourth-order valence-electron chi connectivity index (χ4n) is 2.22. The lowest BCUT2D eigenvalue weighted by atomic mass is 10.1. The fraction of sp³-hybridized carbons (Fsp3) is 0.0556. The fourth-order valence-corrected chi connectivity index (χ4v) is 3.24. The molecule has 21 heavy (non-hydrogen) atoms. The summed E-state index contributed by atoms with van der Waals surface area (Å²) in [7, 11) is 1.60. The van der Waals surface area contributed by atoms with Gasteiger partial charge in [-0.25, -0.2) is 0 Å². The van der Waals surface area contributed by atoms with Crippen LogP contribution in [0.5, 0.6) is 5.06 Å². The van der Waals surface area contributed by atoms with Gasteiger partial charge < -0.3 is 4.74 Å². The topological polar surface area (TPSA) is 26.3 Å². The van der Waals surface area contributed by atoms with Crippen molar-refractivity contribution in [2.45, 2.75) is 0 Å². The van der Waals surface area contributed by atoms with E-state index in [4.69, 9.17) is 4.74 Å². The molecule has 3 aromatic rings. The molecule has 3 rings (SSSR count). The van der Waals surface area contributed by atoms with Gasteiger partial charge in [-0.3, -0.25) is 4.79 Å². The molecule has 0 N–H and O–H groups in total. The number of carbonyl (C=O) groups excluding carboxylic acids is 1. The maximum atomic E-state index is 12.5. The van der Waals surface area contributed by atoms with Crippen LogP contribution in [-0.4, -0.2) is 12.9 Å². The number of ketones is 1. The predicted molar refractivity (Wildman–Crippen MR) is 88.2 cm³/mol. The number of hydrogen-bond acceptors (Lipinski definition) is 3. The molecule has 0 saturated heterocycles. The molecule has 1 aromatic heterocycles. The van der Waals surface area contributed by atoms with E-state index in [0.29, 0.717) is 10.6 Å². The monoisotopic (exact) mass is 294 g/mol. The summed E-state index contributed by atoms with van der Waals surface area (Å²) in [6.07, 6.45) is 3.43. The molecule has 2 nitrogen and oxygen atoms in total. The first kappa shape index (κ1) is 13.6. The second kappa shape index (κ2) is 5.94. The van der Waals surface area contributed by atoms with Crippen LogP contribution in [-0.2, 0) is 0 Å². The van der Waals surface area contributed by atoms with Crippen molar-refractivity contribution < 1.29 is 9.53 Å². The molecule has 0 spiro atoms. The minimum absolute atomic E-state index is 0.0341. The zero-order chi connectivity index (χ0) is 14.7. The van der Waals surface area contributed by atoms with Crippen molar-refractivity contribution in [3.05, 3.63) is 71.8 Å². The first-order valence-corrected chi connectivity index (χ1v) is 7.44. The third-order valence-corrected chi connectivity index (χ3v) is 4.35. The summed E-state index contributed by atoms with van der Waals surface area (Å²) >= 11 is 1.50. The number of fused-ring (bicyclic) bond motifs is 1. The Kier molecular flexibility index (Phi) is 3.84. The largest absolute Gasteiger partial charge is 0.487 e. The Morgan fingerprint density at radius 2 is 1.76 bits per heavy atom. The molecule has 0 fully saturated rings. The smallest absolute Gasteiger partial charge is 0.191 e. The standard InChI is InChI=1S/C18H14O2S/c1-20-18-17(14-9-5-6-10-16(14)21-18)15(19)12-11-13-7-3-2-4-8-13/h2-12H,1H3/b12-11+. The van der Waals surface area contributed by atoms with Gasteiger partial charge in [0.1, 0.15) is 0 Å². The van der Waals surface area contributed by atoms with Crippen LogP contribution >= 0.6 is 11.3 Å². The molecule has 0 radical (unpaired) electrons. The van der Waals surface area contributed by atoms with Crippen molar-refractivity contribution >= 4 is 33.3 Å². The molecule has 0 aliphatic heterocycles. The van der Waals surface area contributed by atoms with Crippen molar-refractivity contribution in [3.63, 3.8) is 0 Å². The molecule has 1 heterocycles. The van der Waals surface area contributed by atoms with Crippen molar-refractivity contribution in [1.82, 2.24) is 0 Å². The van der Waals surface area contributed by atoms with Crippen LogP contribution in [0.4, 0.5) is 0 Å². The Hall–Kier alpha value is -2.39. The van der Waals surface area contributed by atoms with Crippen molar-refractivity contribution in [2.75, 3.05) is 7.11 Å². The average Bonchev–Trinajstić information content (AvgIpc) is 2.92. The van der Waals surface area contributed by atoms with Crippen molar-refractivity contribution in [1.29, 1.82) is 0 Å². The lowest BCUT2D eigenvalue weighted by Crippen LogP contribution is -1.96. The highest BCUT2D eigenvalue weighted by molar-refractivity contribution is 7.21. The molecule has 0 bridgehead atoms. The second-order valence-electron chi connectivity index (χ2n) is 4.57. The summed E-state index contributed by atoms with van der Waals surface area (Å²) in [6, 6.07) is 17.6. The van der Waals surface area contributed by atoms with Crippen LogP contribution in [0.3, 0.4) is 0 Å². The van der Waals surface area contributed by atoms with Crippen molar-refractivity contribution in [3.8, 4) is 5.06 Å². The highest BCUT2D eigenvalue weighted by Crippen LogP contribution is 2.37. The van der Waals surface area contributed by atoms with Gasteiger partial charge >= 0.3 is 0 Å². The van der Waals surface area contributed by atoms with Crippen molar-refractivity contribution in [2.24, 2.45) is 0 Å². The van der Waals surface area contributed by atoms with Gasteiger partial charge in [0.2, 0.25) is 0 Å². The number of carbonyl (C=O) groups is 1. The highest BCUT2D eigenvalue weighted by atomic mass is 32.1. The van der Waals surface area contributed by atoms with E-state index in [1.807, 2.05) is 60.7 Å². The van der Waals surface area contributed by atoms with Crippen LogP contribution in [0.25, 0.3) is 16.2 Å². The number of benzene rings is 2. The molecule has 0 unspecified atom stereocenters. The van der Waals surface area contributed by atoms with Gasteiger partial charge in [-0.15, -0.1) is 0 Å². The lowest BCUT2D eigenvalue weighted by molar-refractivity contribution is 0.104. The molecular weight excluding hydrogens is 280 g/mol. The van der Waals surface area contributed by atoms with E-state index >= 15 is 0 Å². The number of allylic oxidation sites excluding steroid dienone is 1. The number of ether oxygens (including phenoxy) is 1. The zero-order valence-corrected chi connectivity index (χ0v) is 12.4. The Labute approximate surface area is 127 Å². The summed E-state index contributed by atoms with van der Waals surface area (Å²) in [5, 5.41) is 1.61. The average molecular weight is 294 g/mol. The third kappa shape index (κ3) is 2.73. The van der Waals surface area contributed by atoms with E-state index in [1.165, 1.54) is 11.3 Å². The summed E-state index contributed by atoms with van der Waals surface area (Å²) in [6.45, 7) is 0. The van der Waals surface area contributed by atoms with Crippen LogP contribution in [0.2, 0.25) is 0 Å². The summed E-state index contributed by atoms with van der Waals surface area (Å²) in [4.78, 5) is 12.5. The molecule has 2 aromatic carbocycles. The number of rotatable bonds is 4. The van der Waals surface area contributed by atoms with Gasteiger partial charge in [0.25, 0.3) is 0 Å². The van der Waals surface area contributed by atoms with Gasteiger partial charge in [0, 0.05) is 10.1 Å². The van der Waals surface area contributed by atoms with Crippen LogP contribution in [0.1, 0.15) is 15.9 Å². The molecule has 0 aliphatic rings. The molecule has 0 saturated carbocycles. The molecule has 3 heteroatoms.